The molecule has 2 aromatic carbocycles. The van der Waals surface area contributed by atoms with Crippen LogP contribution in [0, 0.1) is 11.3 Å². The van der Waals surface area contributed by atoms with Gasteiger partial charge in [-0.15, -0.1) is 0 Å². The van der Waals surface area contributed by atoms with Crippen molar-refractivity contribution in [1.29, 1.82) is 5.26 Å². The van der Waals surface area contributed by atoms with Crippen LogP contribution in [0.4, 0.5) is 5.69 Å². The Labute approximate surface area is 158 Å². The van der Waals surface area contributed by atoms with Crippen LogP contribution in [0.1, 0.15) is 22.7 Å². The third-order valence-corrected chi connectivity index (χ3v) is 4.70. The SMILES string of the molecule is N#Cc1ccccc1C1=CC(c2ccccn2)CN(c2ccccc2)C1=O. The zero-order valence-corrected chi connectivity index (χ0v) is 14.6. The summed E-state index contributed by atoms with van der Waals surface area (Å²) in [6.45, 7) is 0.512. The number of nitrogens with zero attached hydrogens (tertiary/aromatic N) is 3. The number of hydrogen-bond acceptors (Lipinski definition) is 3. The molecule has 1 atom stereocenters. The molecular weight excluding hydrogens is 334 g/mol. The van der Waals surface area contributed by atoms with Crippen molar-refractivity contribution in [3.63, 3.8) is 0 Å². The summed E-state index contributed by atoms with van der Waals surface area (Å²) in [5.74, 6) is -0.151. The quantitative estimate of drug-likeness (QED) is 0.712. The summed E-state index contributed by atoms with van der Waals surface area (Å²) in [7, 11) is 0. The Bertz CT molecular complexity index is 1040. The molecule has 1 aliphatic heterocycles. The van der Waals surface area contributed by atoms with Crippen LogP contribution < -0.4 is 4.90 Å². The molecule has 1 unspecified atom stereocenters. The number of amides is 1. The number of aromatic nitrogens is 1. The smallest absolute Gasteiger partial charge is 0.258 e. The van der Waals surface area contributed by atoms with Crippen molar-refractivity contribution >= 4 is 17.2 Å². The Morgan fingerprint density at radius 2 is 1.70 bits per heavy atom. The van der Waals surface area contributed by atoms with Crippen LogP contribution in [-0.2, 0) is 4.79 Å². The van der Waals surface area contributed by atoms with Crippen molar-refractivity contribution in [2.45, 2.75) is 5.92 Å². The molecular formula is C23H17N3O. The molecule has 0 radical (unpaired) electrons. The van der Waals surface area contributed by atoms with Crippen molar-refractivity contribution in [1.82, 2.24) is 4.98 Å². The third-order valence-electron chi connectivity index (χ3n) is 4.70. The number of nitriles is 1. The topological polar surface area (TPSA) is 57.0 Å². The standard InChI is InChI=1S/C23H17N3O/c24-15-17-8-4-5-11-20(17)21-14-18(22-12-6-7-13-25-22)16-26(23(21)27)19-9-2-1-3-10-19/h1-14,18H,16H2. The Morgan fingerprint density at radius 3 is 2.44 bits per heavy atom. The van der Waals surface area contributed by atoms with Crippen LogP contribution >= 0.6 is 0 Å². The summed E-state index contributed by atoms with van der Waals surface area (Å²) in [5.41, 5.74) is 3.43. The Morgan fingerprint density at radius 1 is 0.963 bits per heavy atom. The van der Waals surface area contributed by atoms with Gasteiger partial charge in [-0.25, -0.2) is 0 Å². The molecule has 4 heteroatoms. The van der Waals surface area contributed by atoms with Crippen LogP contribution in [0.15, 0.2) is 85.1 Å². The van der Waals surface area contributed by atoms with Gasteiger partial charge in [0.05, 0.1) is 11.6 Å². The van der Waals surface area contributed by atoms with E-state index in [2.05, 4.69) is 11.1 Å². The normalized spacial score (nSPS) is 16.6. The summed E-state index contributed by atoms with van der Waals surface area (Å²) in [5, 5.41) is 9.49. The van der Waals surface area contributed by atoms with Crippen molar-refractivity contribution in [3.05, 3.63) is 102 Å². The lowest BCUT2D eigenvalue weighted by atomic mass is 9.89. The van der Waals surface area contributed by atoms with Gasteiger partial charge < -0.3 is 4.90 Å². The highest BCUT2D eigenvalue weighted by atomic mass is 16.2. The summed E-state index contributed by atoms with van der Waals surface area (Å²) < 4.78 is 0. The first-order chi connectivity index (χ1) is 13.3. The van der Waals surface area contributed by atoms with Crippen molar-refractivity contribution < 1.29 is 4.79 Å². The molecule has 4 nitrogen and oxygen atoms in total. The average Bonchev–Trinajstić information content (AvgIpc) is 2.75. The number of hydrogen-bond donors (Lipinski definition) is 0. The van der Waals surface area contributed by atoms with Crippen molar-refractivity contribution in [2.75, 3.05) is 11.4 Å². The van der Waals surface area contributed by atoms with E-state index in [4.69, 9.17) is 0 Å². The highest BCUT2D eigenvalue weighted by molar-refractivity contribution is 6.27. The molecule has 1 aromatic heterocycles. The second-order valence-corrected chi connectivity index (χ2v) is 6.35. The fraction of sp³-hybridized carbons (Fsp3) is 0.0870. The number of anilines is 1. The van der Waals surface area contributed by atoms with E-state index in [1.165, 1.54) is 0 Å². The number of carbonyl (C=O) groups excluding carboxylic acids is 1. The predicted molar refractivity (Wildman–Crippen MR) is 105 cm³/mol. The van der Waals surface area contributed by atoms with E-state index in [1.54, 1.807) is 23.2 Å². The number of pyridine rings is 1. The number of para-hydroxylation sites is 1. The molecule has 0 aliphatic carbocycles. The first-order valence-electron chi connectivity index (χ1n) is 8.77. The summed E-state index contributed by atoms with van der Waals surface area (Å²) in [6.07, 6.45) is 3.70. The van der Waals surface area contributed by atoms with Crippen LogP contribution in [0.25, 0.3) is 5.57 Å². The van der Waals surface area contributed by atoms with Crippen LogP contribution in [-0.4, -0.2) is 17.4 Å². The van der Waals surface area contributed by atoms with E-state index in [-0.39, 0.29) is 11.8 Å². The molecule has 0 spiro atoms. The molecule has 0 saturated heterocycles. The zero-order valence-electron chi connectivity index (χ0n) is 14.6. The van der Waals surface area contributed by atoms with Gasteiger partial charge in [0.2, 0.25) is 0 Å². The highest BCUT2D eigenvalue weighted by Gasteiger charge is 2.31. The van der Waals surface area contributed by atoms with Gasteiger partial charge in [0.25, 0.3) is 5.91 Å². The lowest BCUT2D eigenvalue weighted by Gasteiger charge is -2.32. The van der Waals surface area contributed by atoms with Crippen LogP contribution in [0.5, 0.6) is 0 Å². The number of rotatable bonds is 3. The molecule has 1 amide bonds. The molecule has 2 heterocycles. The van der Waals surface area contributed by atoms with Gasteiger partial charge >= 0.3 is 0 Å². The molecule has 130 valence electrons. The van der Waals surface area contributed by atoms with Crippen LogP contribution in [0.3, 0.4) is 0 Å². The van der Waals surface area contributed by atoms with E-state index in [9.17, 15) is 10.1 Å². The lowest BCUT2D eigenvalue weighted by molar-refractivity contribution is -0.113. The van der Waals surface area contributed by atoms with Gasteiger partial charge in [0.1, 0.15) is 0 Å². The minimum atomic E-state index is -0.101. The van der Waals surface area contributed by atoms with E-state index < -0.39 is 0 Å². The zero-order chi connectivity index (χ0) is 18.6. The first-order valence-corrected chi connectivity index (χ1v) is 8.77. The number of carbonyl (C=O) groups is 1. The molecule has 0 saturated carbocycles. The van der Waals surface area contributed by atoms with Gasteiger partial charge in [-0.3, -0.25) is 9.78 Å². The van der Waals surface area contributed by atoms with Crippen molar-refractivity contribution in [3.8, 4) is 6.07 Å². The Balaban J connectivity index is 1.85. The fourth-order valence-corrected chi connectivity index (χ4v) is 3.38. The molecule has 1 aliphatic rings. The van der Waals surface area contributed by atoms with E-state index in [0.717, 1.165) is 11.4 Å². The maximum Gasteiger partial charge on any atom is 0.258 e. The monoisotopic (exact) mass is 351 g/mol. The molecule has 0 fully saturated rings. The summed E-state index contributed by atoms with van der Waals surface area (Å²) in [6, 6.07) is 24.8. The van der Waals surface area contributed by atoms with Gasteiger partial charge in [-0.2, -0.15) is 5.26 Å². The largest absolute Gasteiger partial charge is 0.307 e. The average molecular weight is 351 g/mol. The van der Waals surface area contributed by atoms with Gasteiger partial charge in [-0.05, 0) is 30.3 Å². The summed E-state index contributed by atoms with van der Waals surface area (Å²) in [4.78, 5) is 19.5. The van der Waals surface area contributed by atoms with Crippen LogP contribution in [0.2, 0.25) is 0 Å². The fourth-order valence-electron chi connectivity index (χ4n) is 3.38. The van der Waals surface area contributed by atoms with E-state index in [1.807, 2.05) is 66.7 Å². The maximum absolute atomic E-state index is 13.3. The number of benzene rings is 2. The highest BCUT2D eigenvalue weighted by Crippen LogP contribution is 2.33. The summed E-state index contributed by atoms with van der Waals surface area (Å²) >= 11 is 0. The Hall–Kier alpha value is -3.71. The Kier molecular flexibility index (Phi) is 4.51. The minimum Gasteiger partial charge on any atom is -0.307 e. The lowest BCUT2D eigenvalue weighted by Crippen LogP contribution is -2.39. The minimum absolute atomic E-state index is 0.0501. The van der Waals surface area contributed by atoms with Crippen molar-refractivity contribution in [2.24, 2.45) is 0 Å². The third kappa shape index (κ3) is 3.23. The van der Waals surface area contributed by atoms with Gasteiger partial charge in [0.15, 0.2) is 0 Å². The molecule has 27 heavy (non-hydrogen) atoms. The molecule has 3 aromatic rings. The molecule has 0 N–H and O–H groups in total. The van der Waals surface area contributed by atoms with Gasteiger partial charge in [-0.1, -0.05) is 48.5 Å². The van der Waals surface area contributed by atoms with E-state index in [0.29, 0.717) is 23.2 Å². The maximum atomic E-state index is 13.3. The first kappa shape index (κ1) is 16.7. The molecule has 0 bridgehead atoms. The predicted octanol–water partition coefficient (Wildman–Crippen LogP) is 4.17. The second kappa shape index (κ2) is 7.27. The van der Waals surface area contributed by atoms with Gasteiger partial charge in [0, 0.05) is 41.2 Å². The second-order valence-electron chi connectivity index (χ2n) is 6.35. The van der Waals surface area contributed by atoms with E-state index >= 15 is 0 Å². The molecule has 4 rings (SSSR count).